The van der Waals surface area contributed by atoms with Crippen LogP contribution in [0.2, 0.25) is 10.0 Å². The highest BCUT2D eigenvalue weighted by Crippen LogP contribution is 2.36. The highest BCUT2D eigenvalue weighted by Gasteiger charge is 2.30. The van der Waals surface area contributed by atoms with Crippen LogP contribution in [-0.2, 0) is 16.4 Å². The zero-order chi connectivity index (χ0) is 22.5. The number of hydrogen-bond donors (Lipinski definition) is 1. The summed E-state index contributed by atoms with van der Waals surface area (Å²) in [6.07, 6.45) is 0. The van der Waals surface area contributed by atoms with E-state index in [1.165, 1.54) is 12.1 Å². The lowest BCUT2D eigenvalue weighted by Crippen LogP contribution is -2.09. The summed E-state index contributed by atoms with van der Waals surface area (Å²) in [6, 6.07) is 20.6. The van der Waals surface area contributed by atoms with E-state index < -0.39 is 9.84 Å². The van der Waals surface area contributed by atoms with Crippen molar-refractivity contribution in [2.24, 2.45) is 0 Å². The molecule has 160 valence electrons. The van der Waals surface area contributed by atoms with E-state index in [-0.39, 0.29) is 21.1 Å². The second-order valence-corrected chi connectivity index (χ2v) is 10.0. The van der Waals surface area contributed by atoms with Crippen LogP contribution in [0.25, 0.3) is 22.2 Å². The first-order valence-electron chi connectivity index (χ1n) is 9.64. The summed E-state index contributed by atoms with van der Waals surface area (Å²) in [4.78, 5) is 9.29. The maximum absolute atomic E-state index is 13.6. The molecule has 0 atom stereocenters. The van der Waals surface area contributed by atoms with Crippen molar-refractivity contribution in [3.63, 3.8) is 0 Å². The smallest absolute Gasteiger partial charge is 0.212 e. The minimum Gasteiger partial charge on any atom is -0.384 e. The van der Waals surface area contributed by atoms with Crippen LogP contribution < -0.4 is 5.73 Å². The highest BCUT2D eigenvalue weighted by molar-refractivity contribution is 7.92. The van der Waals surface area contributed by atoms with Crippen molar-refractivity contribution in [1.29, 1.82) is 0 Å². The number of nitrogens with zero attached hydrogens (tertiary/aromatic N) is 3. The van der Waals surface area contributed by atoms with Crippen molar-refractivity contribution in [3.05, 3.63) is 88.4 Å². The lowest BCUT2D eigenvalue weighted by molar-refractivity contribution is 0.597. The molecule has 0 spiro atoms. The zero-order valence-corrected chi connectivity index (χ0v) is 18.9. The average Bonchev–Trinajstić information content (AvgIpc) is 3.04. The molecule has 2 heterocycles. The van der Waals surface area contributed by atoms with Gasteiger partial charge in [0.1, 0.15) is 16.2 Å². The number of rotatable bonds is 4. The molecule has 5 rings (SSSR count). The van der Waals surface area contributed by atoms with E-state index in [9.17, 15) is 8.42 Å². The van der Waals surface area contributed by atoms with Gasteiger partial charge in [0.05, 0.1) is 22.5 Å². The quantitative estimate of drug-likeness (QED) is 0.372. The Labute approximate surface area is 194 Å². The number of hydrogen-bond acceptors (Lipinski definition) is 5. The Morgan fingerprint density at radius 2 is 1.53 bits per heavy atom. The summed E-state index contributed by atoms with van der Waals surface area (Å²) in [5, 5.41) is 0.917. The third-order valence-corrected chi connectivity index (χ3v) is 7.48. The highest BCUT2D eigenvalue weighted by atomic mass is 35.5. The van der Waals surface area contributed by atoms with Crippen LogP contribution in [0.5, 0.6) is 0 Å². The molecule has 0 saturated heterocycles. The van der Waals surface area contributed by atoms with Crippen LogP contribution in [0.1, 0.15) is 5.56 Å². The normalized spacial score (nSPS) is 11.9. The molecular formula is C23H16Cl2N4O2S. The molecule has 6 nitrogen and oxygen atoms in total. The van der Waals surface area contributed by atoms with Gasteiger partial charge in [-0.25, -0.2) is 18.4 Å². The monoisotopic (exact) mass is 482 g/mol. The number of fused-ring (bicyclic) bond motifs is 2. The van der Waals surface area contributed by atoms with Crippen molar-refractivity contribution in [1.82, 2.24) is 14.5 Å². The van der Waals surface area contributed by atoms with Gasteiger partial charge in [-0.15, -0.1) is 0 Å². The molecule has 0 fully saturated rings. The summed E-state index contributed by atoms with van der Waals surface area (Å²) >= 11 is 12.1. The standard InChI is InChI=1S/C23H16Cl2N4O2S/c24-15-10-8-14(9-11-15)13-29-22(26)21(32(30,31)17-5-3-4-16(25)12-17)20-23(29)28-19-7-2-1-6-18(19)27-20/h1-12H,13,26H2. The maximum atomic E-state index is 13.6. The minimum atomic E-state index is -4.02. The molecule has 9 heteroatoms. The molecule has 0 amide bonds. The van der Waals surface area contributed by atoms with Gasteiger partial charge in [-0.1, -0.05) is 53.5 Å². The molecule has 0 aliphatic heterocycles. The van der Waals surface area contributed by atoms with Gasteiger partial charge in [0, 0.05) is 10.0 Å². The van der Waals surface area contributed by atoms with Gasteiger partial charge in [-0.2, -0.15) is 0 Å². The van der Waals surface area contributed by atoms with Gasteiger partial charge in [0.25, 0.3) is 0 Å². The van der Waals surface area contributed by atoms with Crippen molar-refractivity contribution < 1.29 is 8.42 Å². The number of sulfone groups is 1. The van der Waals surface area contributed by atoms with Crippen LogP contribution >= 0.6 is 23.2 Å². The van der Waals surface area contributed by atoms with Crippen LogP contribution in [0.3, 0.4) is 0 Å². The molecular weight excluding hydrogens is 467 g/mol. The van der Waals surface area contributed by atoms with E-state index in [1.54, 1.807) is 34.9 Å². The number of nitrogens with two attached hydrogens (primary N) is 1. The Morgan fingerprint density at radius 1 is 0.844 bits per heavy atom. The van der Waals surface area contributed by atoms with E-state index >= 15 is 0 Å². The molecule has 0 bridgehead atoms. The van der Waals surface area contributed by atoms with E-state index in [0.717, 1.165) is 5.56 Å². The van der Waals surface area contributed by atoms with Crippen molar-refractivity contribution >= 4 is 61.1 Å². The maximum Gasteiger partial charge on any atom is 0.212 e. The molecule has 0 radical (unpaired) electrons. The van der Waals surface area contributed by atoms with Gasteiger partial charge in [0.15, 0.2) is 5.65 Å². The summed E-state index contributed by atoms with van der Waals surface area (Å²) in [5.74, 6) is 0.0604. The number of benzene rings is 3. The molecule has 0 aliphatic rings. The molecule has 5 aromatic rings. The number of halogens is 2. The zero-order valence-electron chi connectivity index (χ0n) is 16.5. The molecule has 0 unspecified atom stereocenters. The van der Waals surface area contributed by atoms with E-state index in [2.05, 4.69) is 4.98 Å². The van der Waals surface area contributed by atoms with Gasteiger partial charge in [-0.3, -0.25) is 0 Å². The number of para-hydroxylation sites is 2. The van der Waals surface area contributed by atoms with E-state index in [4.69, 9.17) is 33.9 Å². The van der Waals surface area contributed by atoms with Crippen LogP contribution in [0, 0.1) is 0 Å². The lowest BCUT2D eigenvalue weighted by atomic mass is 10.2. The first kappa shape index (κ1) is 20.8. The van der Waals surface area contributed by atoms with Gasteiger partial charge < -0.3 is 10.3 Å². The molecule has 32 heavy (non-hydrogen) atoms. The lowest BCUT2D eigenvalue weighted by Gasteiger charge is -2.09. The Balaban J connectivity index is 1.81. The SMILES string of the molecule is Nc1c(S(=O)(=O)c2cccc(Cl)c2)c2nc3ccccc3nc2n1Cc1ccc(Cl)cc1. The number of nitrogen functional groups attached to an aromatic ring is 1. The first-order chi connectivity index (χ1) is 15.3. The van der Waals surface area contributed by atoms with Crippen LogP contribution in [0.4, 0.5) is 5.82 Å². The summed E-state index contributed by atoms with van der Waals surface area (Å²) in [7, 11) is -4.02. The second kappa shape index (κ2) is 7.78. The van der Waals surface area contributed by atoms with E-state index in [1.807, 2.05) is 30.3 Å². The predicted octanol–water partition coefficient (Wildman–Crippen LogP) is 5.35. The topological polar surface area (TPSA) is 90.9 Å². The predicted molar refractivity (Wildman–Crippen MR) is 127 cm³/mol. The minimum absolute atomic E-state index is 0.0391. The molecule has 0 saturated carbocycles. The van der Waals surface area contributed by atoms with Gasteiger partial charge >= 0.3 is 0 Å². The van der Waals surface area contributed by atoms with E-state index in [0.29, 0.717) is 33.3 Å². The fourth-order valence-corrected chi connectivity index (χ4v) is 5.57. The van der Waals surface area contributed by atoms with Crippen LogP contribution in [-0.4, -0.2) is 23.0 Å². The van der Waals surface area contributed by atoms with Crippen LogP contribution in [0.15, 0.2) is 82.6 Å². The van der Waals surface area contributed by atoms with Gasteiger partial charge in [-0.05, 0) is 48.0 Å². The fraction of sp³-hybridized carbons (Fsp3) is 0.0435. The Bertz CT molecular complexity index is 1600. The third-order valence-electron chi connectivity index (χ3n) is 5.18. The first-order valence-corrected chi connectivity index (χ1v) is 11.9. The molecule has 0 aliphatic carbocycles. The fourth-order valence-electron chi connectivity index (χ4n) is 3.64. The summed E-state index contributed by atoms with van der Waals surface area (Å²) in [6.45, 7) is 0.303. The largest absolute Gasteiger partial charge is 0.384 e. The molecule has 3 aromatic carbocycles. The Hall–Kier alpha value is -3.13. The van der Waals surface area contributed by atoms with Crippen molar-refractivity contribution in [3.8, 4) is 0 Å². The number of anilines is 1. The second-order valence-electron chi connectivity index (χ2n) is 7.27. The number of aromatic nitrogens is 3. The molecule has 2 aromatic heterocycles. The Morgan fingerprint density at radius 3 is 2.22 bits per heavy atom. The Kier molecular flexibility index (Phi) is 5.04. The summed E-state index contributed by atoms with van der Waals surface area (Å²) in [5.41, 5.74) is 9.17. The van der Waals surface area contributed by atoms with Crippen molar-refractivity contribution in [2.75, 3.05) is 5.73 Å². The van der Waals surface area contributed by atoms with Gasteiger partial charge in [0.2, 0.25) is 9.84 Å². The average molecular weight is 483 g/mol. The third kappa shape index (κ3) is 3.48. The molecule has 2 N–H and O–H groups in total. The summed E-state index contributed by atoms with van der Waals surface area (Å²) < 4.78 is 28.9. The van der Waals surface area contributed by atoms with Crippen molar-refractivity contribution in [2.45, 2.75) is 16.3 Å².